The summed E-state index contributed by atoms with van der Waals surface area (Å²) >= 11 is 0. The molecule has 0 aliphatic carbocycles. The van der Waals surface area contributed by atoms with Gasteiger partial charge in [0.2, 0.25) is 0 Å². The van der Waals surface area contributed by atoms with Crippen LogP contribution < -0.4 is 5.32 Å². The first-order valence-corrected chi connectivity index (χ1v) is 6.15. The molecule has 1 rings (SSSR count). The molecule has 2 atom stereocenters. The Morgan fingerprint density at radius 3 is 2.86 bits per heavy atom. The van der Waals surface area contributed by atoms with Crippen molar-refractivity contribution >= 4 is 0 Å². The summed E-state index contributed by atoms with van der Waals surface area (Å²) in [7, 11) is 2.26. The van der Waals surface area contributed by atoms with Crippen molar-refractivity contribution in [2.45, 2.75) is 45.6 Å². The van der Waals surface area contributed by atoms with Crippen LogP contribution in [-0.2, 0) is 0 Å². The molecule has 0 saturated carbocycles. The molecule has 1 heterocycles. The monoisotopic (exact) mass is 198 g/mol. The molecular formula is C12H26N2. The zero-order chi connectivity index (χ0) is 10.4. The van der Waals surface area contributed by atoms with Gasteiger partial charge in [0.15, 0.2) is 0 Å². The second-order valence-corrected chi connectivity index (χ2v) is 4.80. The van der Waals surface area contributed by atoms with E-state index in [4.69, 9.17) is 0 Å². The molecule has 0 spiro atoms. The van der Waals surface area contributed by atoms with Crippen molar-refractivity contribution in [2.75, 3.05) is 26.7 Å². The molecule has 1 aliphatic rings. The van der Waals surface area contributed by atoms with Crippen molar-refractivity contribution in [1.82, 2.24) is 10.2 Å². The molecule has 2 heteroatoms. The Labute approximate surface area is 89.1 Å². The van der Waals surface area contributed by atoms with Crippen molar-refractivity contribution in [2.24, 2.45) is 5.92 Å². The van der Waals surface area contributed by atoms with Gasteiger partial charge in [0.1, 0.15) is 0 Å². The molecule has 0 aromatic rings. The maximum Gasteiger partial charge on any atom is 0.0217 e. The lowest BCUT2D eigenvalue weighted by Gasteiger charge is -2.32. The lowest BCUT2D eigenvalue weighted by Crippen LogP contribution is -2.43. The minimum absolute atomic E-state index is 0.785. The Bertz CT molecular complexity index is 147. The normalized spacial score (nSPS) is 26.4. The highest BCUT2D eigenvalue weighted by Crippen LogP contribution is 2.14. The van der Waals surface area contributed by atoms with E-state index in [9.17, 15) is 0 Å². The Morgan fingerprint density at radius 2 is 2.21 bits per heavy atom. The van der Waals surface area contributed by atoms with Crippen LogP contribution in [0.2, 0.25) is 0 Å². The van der Waals surface area contributed by atoms with Gasteiger partial charge in [-0.15, -0.1) is 0 Å². The Morgan fingerprint density at radius 1 is 1.43 bits per heavy atom. The molecule has 0 amide bonds. The van der Waals surface area contributed by atoms with Gasteiger partial charge >= 0.3 is 0 Å². The van der Waals surface area contributed by atoms with Crippen molar-refractivity contribution in [3.63, 3.8) is 0 Å². The molecule has 0 bridgehead atoms. The minimum atomic E-state index is 0.785. The number of nitrogens with zero attached hydrogens (tertiary/aromatic N) is 1. The summed E-state index contributed by atoms with van der Waals surface area (Å²) in [5.41, 5.74) is 0. The van der Waals surface area contributed by atoms with E-state index in [0.29, 0.717) is 0 Å². The van der Waals surface area contributed by atoms with Gasteiger partial charge in [0, 0.05) is 12.6 Å². The van der Waals surface area contributed by atoms with Gasteiger partial charge in [-0.2, -0.15) is 0 Å². The first-order chi connectivity index (χ1) is 6.74. The number of piperidine rings is 1. The molecule has 0 aromatic carbocycles. The molecule has 1 saturated heterocycles. The van der Waals surface area contributed by atoms with Crippen molar-refractivity contribution in [1.29, 1.82) is 0 Å². The molecule has 14 heavy (non-hydrogen) atoms. The van der Waals surface area contributed by atoms with Crippen molar-refractivity contribution in [3.05, 3.63) is 0 Å². The highest BCUT2D eigenvalue weighted by Gasteiger charge is 2.17. The Kier molecular flexibility index (Phi) is 5.49. The van der Waals surface area contributed by atoms with Gasteiger partial charge in [-0.05, 0) is 38.9 Å². The summed E-state index contributed by atoms with van der Waals surface area (Å²) in [6, 6.07) is 0.785. The number of nitrogens with one attached hydrogen (secondary N) is 1. The van der Waals surface area contributed by atoms with Crippen LogP contribution >= 0.6 is 0 Å². The van der Waals surface area contributed by atoms with Crippen molar-refractivity contribution in [3.8, 4) is 0 Å². The molecule has 1 aliphatic heterocycles. The smallest absolute Gasteiger partial charge is 0.0217 e. The molecule has 0 aromatic heterocycles. The second-order valence-electron chi connectivity index (χ2n) is 4.80. The summed E-state index contributed by atoms with van der Waals surface area (Å²) in [5.74, 6) is 0.823. The average molecular weight is 198 g/mol. The Balaban J connectivity index is 2.10. The maximum atomic E-state index is 3.59. The number of likely N-dealkylation sites (N-methyl/N-ethyl adjacent to an activating group) is 1. The van der Waals surface area contributed by atoms with E-state index in [2.05, 4.69) is 31.1 Å². The fourth-order valence-corrected chi connectivity index (χ4v) is 2.04. The first-order valence-electron chi connectivity index (χ1n) is 6.15. The van der Waals surface area contributed by atoms with Crippen LogP contribution in [0.4, 0.5) is 0 Å². The quantitative estimate of drug-likeness (QED) is 0.728. The van der Waals surface area contributed by atoms with Crippen LogP contribution in [0.3, 0.4) is 0 Å². The predicted octanol–water partition coefficient (Wildman–Crippen LogP) is 2.11. The third-order valence-corrected chi connectivity index (χ3v) is 3.49. The van der Waals surface area contributed by atoms with E-state index in [1.807, 2.05) is 0 Å². The fraction of sp³-hybridized carbons (Fsp3) is 1.00. The number of likely N-dealkylation sites (tertiary alicyclic amines) is 1. The third kappa shape index (κ3) is 3.97. The largest absolute Gasteiger partial charge is 0.315 e. The minimum Gasteiger partial charge on any atom is -0.315 e. The fourth-order valence-electron chi connectivity index (χ4n) is 2.04. The predicted molar refractivity (Wildman–Crippen MR) is 62.6 cm³/mol. The molecule has 0 radical (unpaired) electrons. The zero-order valence-electron chi connectivity index (χ0n) is 10.1. The number of hydrogen-bond donors (Lipinski definition) is 1. The molecule has 2 nitrogen and oxygen atoms in total. The summed E-state index contributed by atoms with van der Waals surface area (Å²) in [6.45, 7) is 8.23. The van der Waals surface area contributed by atoms with Crippen LogP contribution in [0.15, 0.2) is 0 Å². The van der Waals surface area contributed by atoms with Gasteiger partial charge in [-0.1, -0.05) is 26.7 Å². The van der Waals surface area contributed by atoms with Gasteiger partial charge in [-0.25, -0.2) is 0 Å². The first kappa shape index (κ1) is 12.0. The lowest BCUT2D eigenvalue weighted by atomic mass is 10.0. The summed E-state index contributed by atoms with van der Waals surface area (Å²) < 4.78 is 0. The van der Waals surface area contributed by atoms with E-state index in [1.165, 1.54) is 45.3 Å². The molecule has 2 unspecified atom stereocenters. The number of rotatable bonds is 5. The van der Waals surface area contributed by atoms with Gasteiger partial charge in [0.25, 0.3) is 0 Å². The molecular weight excluding hydrogens is 172 g/mol. The van der Waals surface area contributed by atoms with Crippen molar-refractivity contribution < 1.29 is 0 Å². The van der Waals surface area contributed by atoms with E-state index in [0.717, 1.165) is 12.0 Å². The van der Waals surface area contributed by atoms with E-state index >= 15 is 0 Å². The maximum absolute atomic E-state index is 3.59. The standard InChI is InChI=1S/C12H26N2/c1-4-11(2)9-13-10-12-7-5-6-8-14(12)3/h11-13H,4-10H2,1-3H3. The lowest BCUT2D eigenvalue weighted by molar-refractivity contribution is 0.180. The summed E-state index contributed by atoms with van der Waals surface area (Å²) in [5, 5.41) is 3.59. The highest BCUT2D eigenvalue weighted by molar-refractivity contribution is 4.76. The summed E-state index contributed by atoms with van der Waals surface area (Å²) in [4.78, 5) is 2.51. The summed E-state index contributed by atoms with van der Waals surface area (Å²) in [6.07, 6.45) is 5.47. The van der Waals surface area contributed by atoms with E-state index in [1.54, 1.807) is 0 Å². The van der Waals surface area contributed by atoms with Crippen LogP contribution in [0.5, 0.6) is 0 Å². The molecule has 84 valence electrons. The Hall–Kier alpha value is -0.0800. The third-order valence-electron chi connectivity index (χ3n) is 3.49. The van der Waals surface area contributed by atoms with E-state index in [-0.39, 0.29) is 0 Å². The highest BCUT2D eigenvalue weighted by atomic mass is 15.2. The van der Waals surface area contributed by atoms with Crippen LogP contribution in [0.1, 0.15) is 39.5 Å². The molecule has 1 fully saturated rings. The van der Waals surface area contributed by atoms with Crippen LogP contribution in [0, 0.1) is 5.92 Å². The van der Waals surface area contributed by atoms with Gasteiger partial charge < -0.3 is 10.2 Å². The second kappa shape index (κ2) is 6.41. The zero-order valence-corrected chi connectivity index (χ0v) is 10.1. The van der Waals surface area contributed by atoms with E-state index < -0.39 is 0 Å². The van der Waals surface area contributed by atoms with Crippen LogP contribution in [0.25, 0.3) is 0 Å². The van der Waals surface area contributed by atoms with Crippen LogP contribution in [-0.4, -0.2) is 37.6 Å². The SMILES string of the molecule is CCC(C)CNCC1CCCCN1C. The van der Waals surface area contributed by atoms with Gasteiger partial charge in [-0.3, -0.25) is 0 Å². The average Bonchev–Trinajstić information content (AvgIpc) is 2.20. The topological polar surface area (TPSA) is 15.3 Å². The number of hydrogen-bond acceptors (Lipinski definition) is 2. The molecule has 1 N–H and O–H groups in total. The van der Waals surface area contributed by atoms with Gasteiger partial charge in [0.05, 0.1) is 0 Å².